The van der Waals surface area contributed by atoms with E-state index in [-0.39, 0.29) is 21.4 Å². The fourth-order valence-electron chi connectivity index (χ4n) is 3.84. The molecule has 1 aliphatic rings. The summed E-state index contributed by atoms with van der Waals surface area (Å²) < 4.78 is 69.7. The zero-order valence-corrected chi connectivity index (χ0v) is 14.8. The van der Waals surface area contributed by atoms with Crippen LogP contribution < -0.4 is 4.90 Å². The van der Waals surface area contributed by atoms with Gasteiger partial charge in [-0.3, -0.25) is 9.59 Å². The number of benzene rings is 4. The van der Waals surface area contributed by atoms with Gasteiger partial charge in [-0.1, -0.05) is 36.4 Å². The Hall–Kier alpha value is -3.81. The van der Waals surface area contributed by atoms with E-state index in [0.29, 0.717) is 10.8 Å². The van der Waals surface area contributed by atoms with Crippen molar-refractivity contribution in [1.82, 2.24) is 0 Å². The van der Waals surface area contributed by atoms with Gasteiger partial charge < -0.3 is 0 Å². The van der Waals surface area contributed by atoms with Crippen LogP contribution in [-0.4, -0.2) is 11.8 Å². The Labute approximate surface area is 164 Å². The maximum Gasteiger partial charge on any atom is 0.266 e. The molecule has 30 heavy (non-hydrogen) atoms. The summed E-state index contributed by atoms with van der Waals surface area (Å²) in [5.74, 6) is -13.7. The van der Waals surface area contributed by atoms with E-state index in [0.717, 1.165) is 5.39 Å². The largest absolute Gasteiger partial charge is 0.268 e. The lowest BCUT2D eigenvalue weighted by Crippen LogP contribution is -2.42. The molecule has 0 aliphatic carbocycles. The van der Waals surface area contributed by atoms with Gasteiger partial charge in [-0.25, -0.2) is 26.9 Å². The number of rotatable bonds is 1. The first-order valence-electron chi connectivity index (χ1n) is 8.67. The van der Waals surface area contributed by atoms with Crippen LogP contribution in [0.5, 0.6) is 0 Å². The average Bonchev–Trinajstić information content (AvgIpc) is 2.76. The molecule has 0 N–H and O–H groups in total. The van der Waals surface area contributed by atoms with Crippen LogP contribution >= 0.6 is 0 Å². The summed E-state index contributed by atoms with van der Waals surface area (Å²) in [5, 5.41) is 2.16. The second-order valence-electron chi connectivity index (χ2n) is 6.74. The van der Waals surface area contributed by atoms with Crippen LogP contribution in [0, 0.1) is 29.1 Å². The summed E-state index contributed by atoms with van der Waals surface area (Å²) in [5.41, 5.74) is -1.77. The third-order valence-corrected chi connectivity index (χ3v) is 5.16. The number of carbonyl (C=O) groups is 2. The van der Waals surface area contributed by atoms with E-state index in [2.05, 4.69) is 0 Å². The van der Waals surface area contributed by atoms with Crippen molar-refractivity contribution < 1.29 is 31.5 Å². The van der Waals surface area contributed by atoms with Gasteiger partial charge >= 0.3 is 0 Å². The molecule has 0 aromatic heterocycles. The highest BCUT2D eigenvalue weighted by Gasteiger charge is 2.40. The molecular weight excluding hydrogens is 405 g/mol. The van der Waals surface area contributed by atoms with Crippen LogP contribution in [0.4, 0.5) is 27.6 Å². The molecule has 0 bridgehead atoms. The van der Waals surface area contributed by atoms with Crippen LogP contribution in [0.15, 0.2) is 48.5 Å². The van der Waals surface area contributed by atoms with Crippen molar-refractivity contribution in [2.45, 2.75) is 0 Å². The summed E-state index contributed by atoms with van der Waals surface area (Å²) in [4.78, 5) is 26.1. The van der Waals surface area contributed by atoms with Gasteiger partial charge in [-0.15, -0.1) is 0 Å². The number of fused-ring (bicyclic) bond motifs is 2. The Morgan fingerprint density at radius 2 is 1.17 bits per heavy atom. The predicted molar refractivity (Wildman–Crippen MR) is 98.8 cm³/mol. The Morgan fingerprint density at radius 1 is 0.600 bits per heavy atom. The molecule has 1 heterocycles. The summed E-state index contributed by atoms with van der Waals surface area (Å²) in [7, 11) is 0. The molecule has 0 radical (unpaired) electrons. The third kappa shape index (κ3) is 2.18. The van der Waals surface area contributed by atoms with Gasteiger partial charge in [0.25, 0.3) is 11.8 Å². The molecule has 0 spiro atoms. The van der Waals surface area contributed by atoms with Crippen LogP contribution in [-0.2, 0) is 0 Å². The summed E-state index contributed by atoms with van der Waals surface area (Å²) in [6, 6.07) is 12.9. The van der Waals surface area contributed by atoms with Crippen molar-refractivity contribution in [3.05, 3.63) is 88.7 Å². The highest BCUT2D eigenvalue weighted by Crippen LogP contribution is 2.39. The Bertz CT molecular complexity index is 1420. The molecule has 0 saturated heterocycles. The molecule has 5 rings (SSSR count). The minimum Gasteiger partial charge on any atom is -0.268 e. The molecule has 148 valence electrons. The first-order chi connectivity index (χ1) is 14.3. The SMILES string of the molecule is O=C1c2cccc3c2c(cc2ccccc23)C(=O)N1c1c(F)c(F)c(F)c(F)c1F. The number of imide groups is 1. The fourth-order valence-corrected chi connectivity index (χ4v) is 3.84. The quantitative estimate of drug-likeness (QED) is 0.136. The van der Waals surface area contributed by atoms with E-state index in [4.69, 9.17) is 0 Å². The van der Waals surface area contributed by atoms with Gasteiger partial charge in [0.15, 0.2) is 23.3 Å². The molecule has 1 aliphatic heterocycles. The molecule has 0 fully saturated rings. The van der Waals surface area contributed by atoms with Crippen LogP contribution in [0.1, 0.15) is 20.7 Å². The van der Waals surface area contributed by atoms with E-state index < -0.39 is 46.6 Å². The first-order valence-corrected chi connectivity index (χ1v) is 8.67. The lowest BCUT2D eigenvalue weighted by atomic mass is 9.90. The Balaban J connectivity index is 1.87. The molecule has 2 amide bonds. The monoisotopic (exact) mass is 413 g/mol. The molecule has 4 aromatic carbocycles. The maximum absolute atomic E-state index is 14.4. The van der Waals surface area contributed by atoms with Gasteiger partial charge in [0.05, 0.1) is 0 Å². The summed E-state index contributed by atoms with van der Waals surface area (Å²) >= 11 is 0. The van der Waals surface area contributed by atoms with Crippen LogP contribution in [0.3, 0.4) is 0 Å². The van der Waals surface area contributed by atoms with E-state index >= 15 is 0 Å². The average molecular weight is 413 g/mol. The number of nitrogens with zero attached hydrogens (tertiary/aromatic N) is 1. The molecular formula is C22H8F5NO2. The minimum absolute atomic E-state index is 0.00213. The second-order valence-corrected chi connectivity index (χ2v) is 6.74. The number of carbonyl (C=O) groups excluding carboxylic acids is 2. The van der Waals surface area contributed by atoms with Crippen LogP contribution in [0.2, 0.25) is 0 Å². The lowest BCUT2D eigenvalue weighted by Gasteiger charge is -2.28. The molecule has 0 unspecified atom stereocenters. The molecule has 4 aromatic rings. The summed E-state index contributed by atoms with van der Waals surface area (Å²) in [6.07, 6.45) is 0. The second kappa shape index (κ2) is 6.09. The third-order valence-electron chi connectivity index (χ3n) is 5.16. The van der Waals surface area contributed by atoms with Crippen molar-refractivity contribution in [2.24, 2.45) is 0 Å². The van der Waals surface area contributed by atoms with Gasteiger partial charge in [0, 0.05) is 16.5 Å². The summed E-state index contributed by atoms with van der Waals surface area (Å²) in [6.45, 7) is 0. The van der Waals surface area contributed by atoms with Gasteiger partial charge in [-0.2, -0.15) is 0 Å². The number of amides is 2. The van der Waals surface area contributed by atoms with Crippen LogP contribution in [0.25, 0.3) is 21.5 Å². The smallest absolute Gasteiger partial charge is 0.266 e. The Kier molecular flexibility index (Phi) is 3.70. The standard InChI is InChI=1S/C22H8F5NO2/c23-15-16(24)18(26)20(19(27)17(15)25)28-21(29)12-7-3-6-11-10-5-2-1-4-9(10)8-13(14(11)12)22(28)30/h1-8H. The topological polar surface area (TPSA) is 37.4 Å². The molecule has 0 saturated carbocycles. The van der Waals surface area contributed by atoms with E-state index in [9.17, 15) is 31.5 Å². The highest BCUT2D eigenvalue weighted by molar-refractivity contribution is 6.37. The predicted octanol–water partition coefficient (Wildman–Crippen LogP) is 5.49. The first kappa shape index (κ1) is 18.2. The normalized spacial score (nSPS) is 13.6. The van der Waals surface area contributed by atoms with Crippen molar-refractivity contribution >= 4 is 39.0 Å². The van der Waals surface area contributed by atoms with E-state index in [1.54, 1.807) is 30.3 Å². The lowest BCUT2D eigenvalue weighted by molar-refractivity contribution is 0.0890. The van der Waals surface area contributed by atoms with Gasteiger partial charge in [-0.05, 0) is 28.3 Å². The van der Waals surface area contributed by atoms with Crippen molar-refractivity contribution in [3.8, 4) is 0 Å². The van der Waals surface area contributed by atoms with Crippen molar-refractivity contribution in [2.75, 3.05) is 4.90 Å². The zero-order chi connectivity index (χ0) is 21.3. The molecule has 3 nitrogen and oxygen atoms in total. The van der Waals surface area contributed by atoms with Gasteiger partial charge in [0.2, 0.25) is 5.82 Å². The molecule has 8 heteroatoms. The Morgan fingerprint density at radius 3 is 1.87 bits per heavy atom. The van der Waals surface area contributed by atoms with Crippen molar-refractivity contribution in [3.63, 3.8) is 0 Å². The van der Waals surface area contributed by atoms with Crippen molar-refractivity contribution in [1.29, 1.82) is 0 Å². The van der Waals surface area contributed by atoms with E-state index in [1.165, 1.54) is 18.2 Å². The van der Waals surface area contributed by atoms with Gasteiger partial charge in [0.1, 0.15) is 5.69 Å². The minimum atomic E-state index is -2.38. The number of hydrogen-bond acceptors (Lipinski definition) is 2. The number of hydrogen-bond donors (Lipinski definition) is 0. The number of anilines is 1. The zero-order valence-electron chi connectivity index (χ0n) is 14.8. The highest BCUT2D eigenvalue weighted by atomic mass is 19.2. The fraction of sp³-hybridized carbons (Fsp3) is 0. The number of halogens is 5. The molecule has 0 atom stereocenters. The maximum atomic E-state index is 14.4. The van der Waals surface area contributed by atoms with E-state index in [1.807, 2.05) is 0 Å².